The van der Waals surface area contributed by atoms with Crippen molar-refractivity contribution in [2.45, 2.75) is 40.2 Å². The molecule has 1 saturated heterocycles. The van der Waals surface area contributed by atoms with E-state index in [1.54, 1.807) is 0 Å². The molecule has 4 nitrogen and oxygen atoms in total. The SMILES string of the molecule is CC(C)(C)Cn1c(CC2CCNC2)nc2cccnc21. The van der Waals surface area contributed by atoms with E-state index in [1.807, 2.05) is 12.3 Å². The zero-order valence-electron chi connectivity index (χ0n) is 12.7. The highest BCUT2D eigenvalue weighted by atomic mass is 15.1. The molecule has 4 heteroatoms. The van der Waals surface area contributed by atoms with Gasteiger partial charge in [-0.05, 0) is 43.0 Å². The van der Waals surface area contributed by atoms with Crippen molar-refractivity contribution in [1.82, 2.24) is 19.9 Å². The first-order chi connectivity index (χ1) is 9.53. The molecule has 2 aromatic rings. The van der Waals surface area contributed by atoms with E-state index in [4.69, 9.17) is 4.98 Å². The summed E-state index contributed by atoms with van der Waals surface area (Å²) in [6.07, 6.45) is 4.18. The minimum Gasteiger partial charge on any atom is -0.316 e. The highest BCUT2D eigenvalue weighted by Gasteiger charge is 2.22. The predicted octanol–water partition coefficient (Wildman–Crippen LogP) is 2.63. The molecule has 0 aromatic carbocycles. The number of nitrogens with one attached hydrogen (secondary N) is 1. The van der Waals surface area contributed by atoms with Gasteiger partial charge in [-0.25, -0.2) is 9.97 Å². The lowest BCUT2D eigenvalue weighted by Crippen LogP contribution is -2.20. The summed E-state index contributed by atoms with van der Waals surface area (Å²) in [7, 11) is 0. The highest BCUT2D eigenvalue weighted by Crippen LogP contribution is 2.24. The maximum atomic E-state index is 4.83. The van der Waals surface area contributed by atoms with Crippen LogP contribution in [-0.4, -0.2) is 27.6 Å². The first-order valence-electron chi connectivity index (χ1n) is 7.54. The van der Waals surface area contributed by atoms with Gasteiger partial charge in [-0.1, -0.05) is 20.8 Å². The van der Waals surface area contributed by atoms with Crippen molar-refractivity contribution in [3.63, 3.8) is 0 Å². The van der Waals surface area contributed by atoms with Crippen LogP contribution in [-0.2, 0) is 13.0 Å². The topological polar surface area (TPSA) is 42.7 Å². The van der Waals surface area contributed by atoms with Crippen LogP contribution in [0.25, 0.3) is 11.2 Å². The molecule has 1 unspecified atom stereocenters. The van der Waals surface area contributed by atoms with E-state index >= 15 is 0 Å². The van der Waals surface area contributed by atoms with Crippen molar-refractivity contribution in [1.29, 1.82) is 0 Å². The molecule has 3 heterocycles. The van der Waals surface area contributed by atoms with E-state index in [1.165, 1.54) is 12.2 Å². The molecule has 1 aliphatic rings. The van der Waals surface area contributed by atoms with Crippen LogP contribution in [0.5, 0.6) is 0 Å². The van der Waals surface area contributed by atoms with Gasteiger partial charge in [0.05, 0.1) is 0 Å². The number of fused-ring (bicyclic) bond motifs is 1. The van der Waals surface area contributed by atoms with Gasteiger partial charge in [-0.2, -0.15) is 0 Å². The minimum atomic E-state index is 0.230. The molecule has 2 aromatic heterocycles. The molecule has 0 aliphatic carbocycles. The fourth-order valence-corrected chi connectivity index (χ4v) is 2.95. The molecule has 1 N–H and O–H groups in total. The molecule has 1 fully saturated rings. The number of imidazole rings is 1. The third-order valence-electron chi connectivity index (χ3n) is 3.85. The van der Waals surface area contributed by atoms with Crippen molar-refractivity contribution in [2.75, 3.05) is 13.1 Å². The Balaban J connectivity index is 1.98. The molecule has 1 aliphatic heterocycles. The van der Waals surface area contributed by atoms with Gasteiger partial charge in [-0.15, -0.1) is 0 Å². The first kappa shape index (κ1) is 13.6. The molecule has 0 radical (unpaired) electrons. The first-order valence-corrected chi connectivity index (χ1v) is 7.54. The average Bonchev–Trinajstić information content (AvgIpc) is 2.98. The third-order valence-corrected chi connectivity index (χ3v) is 3.85. The fraction of sp³-hybridized carbons (Fsp3) is 0.625. The zero-order chi connectivity index (χ0) is 14.2. The van der Waals surface area contributed by atoms with Gasteiger partial charge in [0.15, 0.2) is 5.65 Å². The lowest BCUT2D eigenvalue weighted by atomic mass is 9.96. The lowest BCUT2D eigenvalue weighted by molar-refractivity contribution is 0.339. The normalized spacial score (nSPS) is 19.9. The quantitative estimate of drug-likeness (QED) is 0.934. The lowest BCUT2D eigenvalue weighted by Gasteiger charge is -2.21. The summed E-state index contributed by atoms with van der Waals surface area (Å²) in [5, 5.41) is 3.44. The summed E-state index contributed by atoms with van der Waals surface area (Å²) in [6, 6.07) is 4.04. The summed E-state index contributed by atoms with van der Waals surface area (Å²) in [6.45, 7) is 10.0. The Labute approximate surface area is 120 Å². The Hall–Kier alpha value is -1.42. The van der Waals surface area contributed by atoms with Crippen LogP contribution in [0.3, 0.4) is 0 Å². The summed E-state index contributed by atoms with van der Waals surface area (Å²) in [5.74, 6) is 1.91. The van der Waals surface area contributed by atoms with Crippen LogP contribution in [0.1, 0.15) is 33.0 Å². The maximum Gasteiger partial charge on any atom is 0.160 e. The molecule has 0 bridgehead atoms. The molecular formula is C16H24N4. The van der Waals surface area contributed by atoms with Crippen molar-refractivity contribution in [3.05, 3.63) is 24.2 Å². The number of nitrogens with zero attached hydrogens (tertiary/aromatic N) is 3. The molecule has 1 atom stereocenters. The molecule has 3 rings (SSSR count). The molecule has 0 saturated carbocycles. The largest absolute Gasteiger partial charge is 0.316 e. The summed E-state index contributed by atoms with van der Waals surface area (Å²) in [5.41, 5.74) is 2.29. The van der Waals surface area contributed by atoms with Gasteiger partial charge in [-0.3, -0.25) is 0 Å². The van der Waals surface area contributed by atoms with E-state index in [-0.39, 0.29) is 5.41 Å². The minimum absolute atomic E-state index is 0.230. The second-order valence-corrected chi connectivity index (χ2v) is 7.08. The van der Waals surface area contributed by atoms with Crippen LogP contribution in [0.2, 0.25) is 0 Å². The molecule has 0 amide bonds. The number of pyridine rings is 1. The number of rotatable bonds is 3. The smallest absolute Gasteiger partial charge is 0.160 e. The molecule has 20 heavy (non-hydrogen) atoms. The van der Waals surface area contributed by atoms with E-state index in [0.717, 1.165) is 37.2 Å². The van der Waals surface area contributed by atoms with Crippen LogP contribution < -0.4 is 5.32 Å². The maximum absolute atomic E-state index is 4.83. The predicted molar refractivity (Wildman–Crippen MR) is 81.7 cm³/mol. The molecule has 108 valence electrons. The van der Waals surface area contributed by atoms with Crippen LogP contribution in [0.4, 0.5) is 0 Å². The van der Waals surface area contributed by atoms with Crippen LogP contribution in [0.15, 0.2) is 18.3 Å². The average molecular weight is 272 g/mol. The van der Waals surface area contributed by atoms with E-state index in [9.17, 15) is 0 Å². The van der Waals surface area contributed by atoms with Gasteiger partial charge < -0.3 is 9.88 Å². The second-order valence-electron chi connectivity index (χ2n) is 7.08. The monoisotopic (exact) mass is 272 g/mol. The van der Waals surface area contributed by atoms with E-state index in [2.05, 4.69) is 41.7 Å². The van der Waals surface area contributed by atoms with Gasteiger partial charge in [0.25, 0.3) is 0 Å². The second kappa shape index (κ2) is 5.17. The van der Waals surface area contributed by atoms with Gasteiger partial charge in [0, 0.05) is 19.2 Å². The zero-order valence-corrected chi connectivity index (χ0v) is 12.7. The summed E-state index contributed by atoms with van der Waals surface area (Å²) >= 11 is 0. The van der Waals surface area contributed by atoms with Gasteiger partial charge in [0.1, 0.15) is 11.3 Å². The Bertz CT molecular complexity index is 588. The highest BCUT2D eigenvalue weighted by molar-refractivity contribution is 5.71. The Kier molecular flexibility index (Phi) is 3.50. The fourth-order valence-electron chi connectivity index (χ4n) is 2.95. The molecule has 0 spiro atoms. The van der Waals surface area contributed by atoms with Crippen molar-refractivity contribution in [3.8, 4) is 0 Å². The standard InChI is InChI=1S/C16H24N4/c1-16(2,3)11-20-14(9-12-6-8-17-10-12)19-13-5-4-7-18-15(13)20/h4-5,7,12,17H,6,8-11H2,1-3H3. The molecular weight excluding hydrogens is 248 g/mol. The third kappa shape index (κ3) is 2.85. The number of hydrogen-bond donors (Lipinski definition) is 1. The van der Waals surface area contributed by atoms with E-state index in [0.29, 0.717) is 5.92 Å². The summed E-state index contributed by atoms with van der Waals surface area (Å²) in [4.78, 5) is 9.38. The van der Waals surface area contributed by atoms with Crippen molar-refractivity contribution >= 4 is 11.2 Å². The van der Waals surface area contributed by atoms with Gasteiger partial charge >= 0.3 is 0 Å². The Morgan fingerprint density at radius 2 is 2.25 bits per heavy atom. The van der Waals surface area contributed by atoms with Gasteiger partial charge in [0.2, 0.25) is 0 Å². The Morgan fingerprint density at radius 1 is 1.40 bits per heavy atom. The number of aromatic nitrogens is 3. The summed E-state index contributed by atoms with van der Waals surface area (Å²) < 4.78 is 2.33. The van der Waals surface area contributed by atoms with Crippen LogP contribution >= 0.6 is 0 Å². The van der Waals surface area contributed by atoms with Crippen LogP contribution in [0, 0.1) is 11.3 Å². The number of hydrogen-bond acceptors (Lipinski definition) is 3. The Morgan fingerprint density at radius 3 is 2.95 bits per heavy atom. The van der Waals surface area contributed by atoms with E-state index < -0.39 is 0 Å². The van der Waals surface area contributed by atoms with Crippen molar-refractivity contribution < 1.29 is 0 Å². The van der Waals surface area contributed by atoms with Crippen molar-refractivity contribution in [2.24, 2.45) is 11.3 Å².